The number of carbonyl (C=O) groups is 1. The van der Waals surface area contributed by atoms with Crippen LogP contribution in [0.15, 0.2) is 12.2 Å². The van der Waals surface area contributed by atoms with E-state index >= 15 is 0 Å². The van der Waals surface area contributed by atoms with E-state index in [0.29, 0.717) is 0 Å². The molecule has 0 saturated carbocycles. The summed E-state index contributed by atoms with van der Waals surface area (Å²) in [5, 5.41) is 0.720. The Kier molecular flexibility index (Phi) is 6.43. The highest BCUT2D eigenvalue weighted by atomic mass is 32.2. The molecule has 0 rings (SSSR count). The predicted molar refractivity (Wildman–Crippen MR) is 57.3 cm³/mol. The second-order valence-corrected chi connectivity index (χ2v) is 4.90. The molecule has 0 aromatic carbocycles. The molecule has 0 aliphatic carbocycles. The summed E-state index contributed by atoms with van der Waals surface area (Å²) in [4.78, 5) is 11.1. The van der Waals surface area contributed by atoms with E-state index in [-0.39, 0.29) is 11.7 Å². The molecule has 6 nitrogen and oxygen atoms in total. The number of hydrogen-bond donors (Lipinski definition) is 2. The molecule has 1 atom stereocenters. The number of quaternary nitrogens is 1. The minimum atomic E-state index is -4.52. The first kappa shape index (κ1) is 16.5. The molecule has 5 N–H and O–H groups in total. The topological polar surface area (TPSA) is 123 Å². The van der Waals surface area contributed by atoms with E-state index in [1.165, 1.54) is 6.92 Å². The fourth-order valence-electron chi connectivity index (χ4n) is 0.825. The normalized spacial score (nSPS) is 12.9. The highest BCUT2D eigenvalue weighted by molar-refractivity contribution is 7.86. The summed E-state index contributed by atoms with van der Waals surface area (Å²) < 4.78 is 32.2. The maximum Gasteiger partial charge on any atom is 0.247 e. The molecule has 1 unspecified atom stereocenters. The van der Waals surface area contributed by atoms with Crippen LogP contribution >= 0.6 is 0 Å². The molecule has 7 heteroatoms. The lowest BCUT2D eigenvalue weighted by Crippen LogP contribution is -2.44. The van der Waals surface area contributed by atoms with Gasteiger partial charge in [0.05, 0.1) is 0 Å². The predicted octanol–water partition coefficient (Wildman–Crippen LogP) is 0.582. The molecule has 0 bridgehead atoms. The van der Waals surface area contributed by atoms with Crippen LogP contribution < -0.4 is 11.5 Å². The average molecular weight is 238 g/mol. The van der Waals surface area contributed by atoms with Gasteiger partial charge in [0.1, 0.15) is 15.5 Å². The van der Waals surface area contributed by atoms with Crippen LogP contribution in [0.3, 0.4) is 0 Å². The van der Waals surface area contributed by atoms with Crippen molar-refractivity contribution >= 4 is 16.0 Å². The number of carbonyl (C=O) groups excluding carboxylic acids is 1. The highest BCUT2D eigenvalue weighted by Crippen LogP contribution is 2.08. The van der Waals surface area contributed by atoms with Gasteiger partial charge < -0.3 is 16.0 Å². The lowest BCUT2D eigenvalue weighted by atomic mass is 10.2. The van der Waals surface area contributed by atoms with E-state index in [4.69, 9.17) is 0 Å². The zero-order chi connectivity index (χ0) is 11.5. The maximum atomic E-state index is 11.1. The monoisotopic (exact) mass is 238 g/mol. The smallest absolute Gasteiger partial charge is 0.247 e. The minimum Gasteiger partial charge on any atom is -0.746 e. The standard InChI is InChI=1S/C8H15NO4S.H3N/c1-5(2)7(10)9-8(6(3)4)14(11,12)13;/h6,8H,1H2,2-4H3,(H,9,10)(H,11,12,13);1H3. The van der Waals surface area contributed by atoms with E-state index in [0.717, 1.165) is 0 Å². The second kappa shape index (κ2) is 5.84. The van der Waals surface area contributed by atoms with Gasteiger partial charge in [-0.1, -0.05) is 20.4 Å². The van der Waals surface area contributed by atoms with Crippen LogP contribution in [0.25, 0.3) is 0 Å². The molecule has 1 amide bonds. The summed E-state index contributed by atoms with van der Waals surface area (Å²) in [7, 11) is -4.52. The Hall–Kier alpha value is -0.920. The number of rotatable bonds is 4. The van der Waals surface area contributed by atoms with Crippen molar-refractivity contribution in [3.05, 3.63) is 12.2 Å². The van der Waals surface area contributed by atoms with Gasteiger partial charge >= 0.3 is 0 Å². The highest BCUT2D eigenvalue weighted by Gasteiger charge is 2.22. The van der Waals surface area contributed by atoms with Crippen LogP contribution in [0.1, 0.15) is 20.8 Å². The zero-order valence-electron chi connectivity index (χ0n) is 9.40. The molecular formula is C8H18N2O4S. The van der Waals surface area contributed by atoms with E-state index in [2.05, 4.69) is 11.9 Å². The fourth-order valence-corrected chi connectivity index (χ4v) is 1.74. The SMILES string of the molecule is C=C(C)C(=O)NC(C(C)C)S(=O)(=O)[O-].[NH4+]. The Morgan fingerprint density at radius 1 is 1.40 bits per heavy atom. The molecule has 90 valence electrons. The summed E-state index contributed by atoms with van der Waals surface area (Å²) in [6.07, 6.45) is 0. The van der Waals surface area contributed by atoms with Crippen LogP contribution in [0.2, 0.25) is 0 Å². The average Bonchev–Trinajstić information content (AvgIpc) is 1.96. The summed E-state index contributed by atoms with van der Waals surface area (Å²) in [6, 6.07) is 0. The quantitative estimate of drug-likeness (QED) is 0.549. The van der Waals surface area contributed by atoms with E-state index in [1.54, 1.807) is 13.8 Å². The van der Waals surface area contributed by atoms with Crippen molar-refractivity contribution in [2.75, 3.05) is 0 Å². The summed E-state index contributed by atoms with van der Waals surface area (Å²) in [5.41, 5.74) is 0.166. The minimum absolute atomic E-state index is 0. The van der Waals surface area contributed by atoms with Crippen molar-refractivity contribution in [3.63, 3.8) is 0 Å². The molecular weight excluding hydrogens is 220 g/mol. The molecule has 15 heavy (non-hydrogen) atoms. The Bertz CT molecular complexity index is 335. The van der Waals surface area contributed by atoms with Crippen molar-refractivity contribution in [1.29, 1.82) is 0 Å². The Labute approximate surface area is 90.1 Å². The van der Waals surface area contributed by atoms with Crippen LogP contribution in [0.4, 0.5) is 0 Å². The van der Waals surface area contributed by atoms with Gasteiger partial charge in [-0.25, -0.2) is 8.42 Å². The van der Waals surface area contributed by atoms with Crippen LogP contribution in [0, 0.1) is 5.92 Å². The molecule has 0 heterocycles. The Morgan fingerprint density at radius 2 is 1.80 bits per heavy atom. The van der Waals surface area contributed by atoms with Gasteiger partial charge in [0.25, 0.3) is 0 Å². The van der Waals surface area contributed by atoms with Crippen LogP contribution in [-0.4, -0.2) is 24.3 Å². The van der Waals surface area contributed by atoms with E-state index < -0.39 is 27.3 Å². The Morgan fingerprint density at radius 3 is 2.00 bits per heavy atom. The van der Waals surface area contributed by atoms with Gasteiger partial charge in [-0.2, -0.15) is 0 Å². The van der Waals surface area contributed by atoms with Gasteiger partial charge in [-0.3, -0.25) is 4.79 Å². The van der Waals surface area contributed by atoms with Crippen molar-refractivity contribution in [2.45, 2.75) is 26.1 Å². The third-order valence-electron chi connectivity index (χ3n) is 1.58. The summed E-state index contributed by atoms with van der Waals surface area (Å²) in [6.45, 7) is 7.86. The zero-order valence-corrected chi connectivity index (χ0v) is 10.2. The van der Waals surface area contributed by atoms with E-state index in [1.807, 2.05) is 0 Å². The first-order valence-electron chi connectivity index (χ1n) is 4.07. The fraction of sp³-hybridized carbons (Fsp3) is 0.625. The lowest BCUT2D eigenvalue weighted by molar-refractivity contribution is -0.117. The summed E-state index contributed by atoms with van der Waals surface area (Å²) >= 11 is 0. The molecule has 0 spiro atoms. The molecule has 0 aromatic heterocycles. The van der Waals surface area contributed by atoms with Crippen LogP contribution in [-0.2, 0) is 14.9 Å². The summed E-state index contributed by atoms with van der Waals surface area (Å²) in [5.74, 6) is -1.09. The van der Waals surface area contributed by atoms with Gasteiger partial charge in [-0.05, 0) is 12.8 Å². The molecule has 0 saturated heterocycles. The van der Waals surface area contributed by atoms with Crippen molar-refractivity contribution in [2.24, 2.45) is 5.92 Å². The molecule has 0 fully saturated rings. The first-order valence-corrected chi connectivity index (χ1v) is 5.54. The maximum absolute atomic E-state index is 11.1. The lowest BCUT2D eigenvalue weighted by Gasteiger charge is -2.25. The molecule has 0 aliphatic heterocycles. The third-order valence-corrected chi connectivity index (χ3v) is 2.86. The van der Waals surface area contributed by atoms with Gasteiger partial charge in [-0.15, -0.1) is 0 Å². The van der Waals surface area contributed by atoms with Crippen molar-refractivity contribution in [1.82, 2.24) is 11.5 Å². The first-order chi connectivity index (χ1) is 6.16. The van der Waals surface area contributed by atoms with E-state index in [9.17, 15) is 17.8 Å². The van der Waals surface area contributed by atoms with Crippen molar-refractivity contribution < 1.29 is 17.8 Å². The molecule has 0 aliphatic rings. The second-order valence-electron chi connectivity index (χ2n) is 3.41. The number of amides is 1. The third kappa shape index (κ3) is 5.50. The van der Waals surface area contributed by atoms with Crippen LogP contribution in [0.5, 0.6) is 0 Å². The molecule has 0 aromatic rings. The van der Waals surface area contributed by atoms with Crippen molar-refractivity contribution in [3.8, 4) is 0 Å². The molecule has 0 radical (unpaired) electrons. The largest absolute Gasteiger partial charge is 0.746 e. The number of nitrogens with one attached hydrogen (secondary N) is 1. The number of hydrogen-bond acceptors (Lipinski definition) is 4. The van der Waals surface area contributed by atoms with Gasteiger partial charge in [0, 0.05) is 5.57 Å². The Balaban J connectivity index is 0. The van der Waals surface area contributed by atoms with Gasteiger partial charge in [0.2, 0.25) is 5.91 Å². The van der Waals surface area contributed by atoms with Gasteiger partial charge in [0.15, 0.2) is 0 Å².